The number of rotatable bonds is 2. The highest BCUT2D eigenvalue weighted by molar-refractivity contribution is 9.10. The van der Waals surface area contributed by atoms with Crippen molar-refractivity contribution < 1.29 is 0 Å². The lowest BCUT2D eigenvalue weighted by Gasteiger charge is -2.31. The van der Waals surface area contributed by atoms with Gasteiger partial charge < -0.3 is 10.7 Å². The summed E-state index contributed by atoms with van der Waals surface area (Å²) in [6, 6.07) is 3.84. The summed E-state index contributed by atoms with van der Waals surface area (Å²) in [7, 11) is 2.07. The third kappa shape index (κ3) is 2.36. The Bertz CT molecular complexity index is 649. The van der Waals surface area contributed by atoms with Crippen LogP contribution in [0.4, 0.5) is 0 Å². The van der Waals surface area contributed by atoms with Crippen LogP contribution in [0.2, 0.25) is 0 Å². The van der Waals surface area contributed by atoms with Gasteiger partial charge in [0.2, 0.25) is 0 Å². The van der Waals surface area contributed by atoms with E-state index in [1.165, 1.54) is 5.69 Å². The number of hydrogen-bond acceptors (Lipinski definition) is 4. The molecule has 3 heterocycles. The molecule has 0 saturated heterocycles. The molecule has 0 bridgehead atoms. The van der Waals surface area contributed by atoms with Crippen molar-refractivity contribution in [2.24, 2.45) is 5.73 Å². The fourth-order valence-electron chi connectivity index (χ4n) is 2.55. The molecule has 3 N–H and O–H groups in total. The molecule has 5 nitrogen and oxygen atoms in total. The molecule has 0 aromatic carbocycles. The molecule has 1 atom stereocenters. The molecule has 0 radical (unpaired) electrons. The molecule has 0 aliphatic carbocycles. The van der Waals surface area contributed by atoms with E-state index in [2.05, 4.69) is 42.8 Å². The largest absolute Gasteiger partial charge is 0.400 e. The Morgan fingerprint density at radius 3 is 3.20 bits per heavy atom. The summed E-state index contributed by atoms with van der Waals surface area (Å²) in [5.74, 6) is 0. The van der Waals surface area contributed by atoms with Gasteiger partial charge in [-0.2, -0.15) is 0 Å². The molecule has 104 valence electrons. The van der Waals surface area contributed by atoms with E-state index in [1.807, 2.05) is 18.2 Å². The van der Waals surface area contributed by atoms with Crippen molar-refractivity contribution in [3.8, 4) is 0 Å². The summed E-state index contributed by atoms with van der Waals surface area (Å²) in [6.45, 7) is 0.956. The maximum absolute atomic E-state index is 6.32. The van der Waals surface area contributed by atoms with Gasteiger partial charge in [0.15, 0.2) is 0 Å². The molecule has 1 aliphatic heterocycles. The lowest BCUT2D eigenvalue weighted by atomic mass is 10.00. The van der Waals surface area contributed by atoms with Crippen LogP contribution < -0.4 is 5.73 Å². The van der Waals surface area contributed by atoms with E-state index in [9.17, 15) is 0 Å². The van der Waals surface area contributed by atoms with E-state index in [4.69, 9.17) is 5.73 Å². The molecule has 2 aromatic rings. The number of nitrogens with two attached hydrogens (primary N) is 1. The SMILES string of the molecule is CN1CCc2[nH]cnc2C1/C(N)=C/c1ncccc1Br. The van der Waals surface area contributed by atoms with Crippen LogP contribution in [-0.4, -0.2) is 33.4 Å². The van der Waals surface area contributed by atoms with Crippen LogP contribution in [0.5, 0.6) is 0 Å². The van der Waals surface area contributed by atoms with Gasteiger partial charge in [-0.1, -0.05) is 0 Å². The molecule has 1 unspecified atom stereocenters. The molecule has 3 rings (SSSR count). The molecule has 1 aliphatic rings. The zero-order valence-corrected chi connectivity index (χ0v) is 12.8. The van der Waals surface area contributed by atoms with Gasteiger partial charge in [0.25, 0.3) is 0 Å². The van der Waals surface area contributed by atoms with Crippen LogP contribution in [0.15, 0.2) is 34.8 Å². The highest BCUT2D eigenvalue weighted by Crippen LogP contribution is 2.31. The minimum Gasteiger partial charge on any atom is -0.400 e. The number of nitrogens with zero attached hydrogens (tertiary/aromatic N) is 3. The van der Waals surface area contributed by atoms with Crippen LogP contribution in [0.3, 0.4) is 0 Å². The Morgan fingerprint density at radius 2 is 2.40 bits per heavy atom. The highest BCUT2D eigenvalue weighted by Gasteiger charge is 2.29. The van der Waals surface area contributed by atoms with Crippen LogP contribution in [-0.2, 0) is 6.42 Å². The molecule has 2 aromatic heterocycles. The highest BCUT2D eigenvalue weighted by atomic mass is 79.9. The van der Waals surface area contributed by atoms with E-state index in [0.717, 1.165) is 34.5 Å². The predicted octanol–water partition coefficient (Wildman–Crippen LogP) is 2.10. The van der Waals surface area contributed by atoms with Crippen molar-refractivity contribution in [3.05, 3.63) is 51.9 Å². The van der Waals surface area contributed by atoms with Crippen molar-refractivity contribution in [1.82, 2.24) is 19.9 Å². The van der Waals surface area contributed by atoms with Gasteiger partial charge in [-0.05, 0) is 41.2 Å². The maximum Gasteiger partial charge on any atom is 0.0939 e. The molecular weight excluding hydrogens is 318 g/mol. The lowest BCUT2D eigenvalue weighted by Crippen LogP contribution is -2.35. The number of aromatic nitrogens is 3. The van der Waals surface area contributed by atoms with Gasteiger partial charge in [0.05, 0.1) is 23.8 Å². The summed E-state index contributed by atoms with van der Waals surface area (Å²) in [5, 5.41) is 0. The fourth-order valence-corrected chi connectivity index (χ4v) is 2.92. The second-order valence-electron chi connectivity index (χ2n) is 4.91. The lowest BCUT2D eigenvalue weighted by molar-refractivity contribution is 0.255. The van der Waals surface area contributed by atoms with Gasteiger partial charge >= 0.3 is 0 Å². The van der Waals surface area contributed by atoms with Gasteiger partial charge in [-0.25, -0.2) is 4.98 Å². The number of halogens is 1. The maximum atomic E-state index is 6.32. The van der Waals surface area contributed by atoms with Crippen LogP contribution in [0, 0.1) is 0 Å². The number of aromatic amines is 1. The van der Waals surface area contributed by atoms with Gasteiger partial charge in [-0.15, -0.1) is 0 Å². The zero-order chi connectivity index (χ0) is 14.1. The molecule has 0 fully saturated rings. The van der Waals surface area contributed by atoms with Gasteiger partial charge in [0.1, 0.15) is 0 Å². The summed E-state index contributed by atoms with van der Waals surface area (Å²) >= 11 is 3.49. The number of H-pyrrole nitrogens is 1. The average molecular weight is 334 g/mol. The Morgan fingerprint density at radius 1 is 1.55 bits per heavy atom. The van der Waals surface area contributed by atoms with E-state index in [0.29, 0.717) is 0 Å². The second-order valence-corrected chi connectivity index (χ2v) is 5.77. The van der Waals surface area contributed by atoms with E-state index in [-0.39, 0.29) is 6.04 Å². The summed E-state index contributed by atoms with van der Waals surface area (Å²) in [6.07, 6.45) is 6.38. The normalized spacial score (nSPS) is 19.9. The van der Waals surface area contributed by atoms with Gasteiger partial charge in [0, 0.05) is 35.0 Å². The van der Waals surface area contributed by atoms with Crippen molar-refractivity contribution in [3.63, 3.8) is 0 Å². The van der Waals surface area contributed by atoms with Crippen molar-refractivity contribution in [2.75, 3.05) is 13.6 Å². The zero-order valence-electron chi connectivity index (χ0n) is 11.2. The van der Waals surface area contributed by atoms with Crippen molar-refractivity contribution >= 4 is 22.0 Å². The predicted molar refractivity (Wildman–Crippen MR) is 81.8 cm³/mol. The number of hydrogen-bond donors (Lipinski definition) is 2. The van der Waals surface area contributed by atoms with E-state index >= 15 is 0 Å². The number of likely N-dealkylation sites (N-methyl/N-ethyl adjacent to an activating group) is 1. The first-order chi connectivity index (χ1) is 9.66. The molecule has 0 saturated carbocycles. The van der Waals surface area contributed by atoms with Crippen LogP contribution in [0.1, 0.15) is 23.1 Å². The Kier molecular flexibility index (Phi) is 3.58. The van der Waals surface area contributed by atoms with Crippen molar-refractivity contribution in [1.29, 1.82) is 0 Å². The second kappa shape index (κ2) is 5.38. The number of imidazole rings is 1. The van der Waals surface area contributed by atoms with E-state index < -0.39 is 0 Å². The Balaban J connectivity index is 1.99. The Hall–Kier alpha value is -1.66. The molecule has 20 heavy (non-hydrogen) atoms. The Labute approximate surface area is 126 Å². The molecular formula is C14H16BrN5. The van der Waals surface area contributed by atoms with Crippen molar-refractivity contribution in [2.45, 2.75) is 12.5 Å². The quantitative estimate of drug-likeness (QED) is 0.882. The number of fused-ring (bicyclic) bond motifs is 1. The van der Waals surface area contributed by atoms with Gasteiger partial charge in [-0.3, -0.25) is 9.88 Å². The molecule has 6 heteroatoms. The molecule has 0 spiro atoms. The molecule has 0 amide bonds. The first-order valence-electron chi connectivity index (χ1n) is 6.47. The summed E-state index contributed by atoms with van der Waals surface area (Å²) in [5.41, 5.74) is 10.1. The van der Waals surface area contributed by atoms with E-state index in [1.54, 1.807) is 12.5 Å². The monoisotopic (exact) mass is 333 g/mol. The summed E-state index contributed by atoms with van der Waals surface area (Å²) < 4.78 is 0.934. The summed E-state index contributed by atoms with van der Waals surface area (Å²) in [4.78, 5) is 14.2. The minimum atomic E-state index is -0.00101. The number of nitrogens with one attached hydrogen (secondary N) is 1. The minimum absolute atomic E-state index is 0.00101. The first kappa shape index (κ1) is 13.3. The van der Waals surface area contributed by atoms with Crippen LogP contribution >= 0.6 is 15.9 Å². The van der Waals surface area contributed by atoms with Crippen LogP contribution in [0.25, 0.3) is 6.08 Å². The third-order valence-corrected chi connectivity index (χ3v) is 4.24. The first-order valence-corrected chi connectivity index (χ1v) is 7.26. The average Bonchev–Trinajstić information content (AvgIpc) is 2.89. The number of pyridine rings is 1. The third-order valence-electron chi connectivity index (χ3n) is 3.57. The standard InChI is InChI=1S/C14H16BrN5/c1-20-6-4-11-13(19-8-18-11)14(20)10(16)7-12-9(15)3-2-5-17-12/h2-3,5,7-8,14H,4,6,16H2,1H3,(H,18,19)/b10-7-. The smallest absolute Gasteiger partial charge is 0.0939 e. The fraction of sp³-hybridized carbons (Fsp3) is 0.286. The topological polar surface area (TPSA) is 70.8 Å².